The summed E-state index contributed by atoms with van der Waals surface area (Å²) in [5.74, 6) is 2.74. The summed E-state index contributed by atoms with van der Waals surface area (Å²) in [5.41, 5.74) is 0. The van der Waals surface area contributed by atoms with Crippen LogP contribution in [0.2, 0.25) is 0 Å². The maximum Gasteiger partial charge on any atom is 0.211 e. The molecular weight excluding hydrogens is 495 g/mol. The Balaban J connectivity index is 0.00000261. The lowest BCUT2D eigenvalue weighted by Gasteiger charge is -2.45. The molecule has 3 fully saturated rings. The second-order valence-electron chi connectivity index (χ2n) is 8.05. The van der Waals surface area contributed by atoms with Gasteiger partial charge in [0.15, 0.2) is 5.96 Å². The molecule has 0 bridgehead atoms. The molecule has 1 saturated carbocycles. The predicted octanol–water partition coefficient (Wildman–Crippen LogP) is 2.60. The summed E-state index contributed by atoms with van der Waals surface area (Å²) in [7, 11) is -1.16. The summed E-state index contributed by atoms with van der Waals surface area (Å²) in [5, 5.41) is 3.58. The Hall–Kier alpha value is 0.260. The number of thioether (sulfide) groups is 1. The molecule has 0 unspecified atom stereocenters. The highest BCUT2D eigenvalue weighted by molar-refractivity contribution is 14.0. The van der Waals surface area contributed by atoms with E-state index in [1.807, 2.05) is 7.05 Å². The van der Waals surface area contributed by atoms with Crippen LogP contribution >= 0.6 is 35.7 Å². The van der Waals surface area contributed by atoms with Gasteiger partial charge in [0.05, 0.1) is 6.26 Å². The molecule has 1 spiro atoms. The van der Waals surface area contributed by atoms with Crippen LogP contribution in [-0.4, -0.2) is 80.1 Å². The molecule has 2 heterocycles. The van der Waals surface area contributed by atoms with Crippen molar-refractivity contribution in [2.45, 2.75) is 49.7 Å². The van der Waals surface area contributed by atoms with Gasteiger partial charge >= 0.3 is 0 Å². The molecule has 0 aromatic carbocycles. The summed E-state index contributed by atoms with van der Waals surface area (Å²) in [6, 6.07) is 0. The van der Waals surface area contributed by atoms with Gasteiger partial charge in [-0.25, -0.2) is 12.7 Å². The third-order valence-electron chi connectivity index (χ3n) is 6.12. The lowest BCUT2D eigenvalue weighted by molar-refractivity contribution is 0.267. The summed E-state index contributed by atoms with van der Waals surface area (Å²) in [4.78, 5) is 7.00. The van der Waals surface area contributed by atoms with Crippen molar-refractivity contribution < 1.29 is 8.42 Å². The Kier molecular flexibility index (Phi) is 9.01. The Morgan fingerprint density at radius 2 is 1.85 bits per heavy atom. The first-order chi connectivity index (χ1) is 12.4. The second-order valence-corrected chi connectivity index (χ2v) is 11.6. The topological polar surface area (TPSA) is 65.0 Å². The predicted molar refractivity (Wildman–Crippen MR) is 126 cm³/mol. The molecule has 3 aliphatic rings. The summed E-state index contributed by atoms with van der Waals surface area (Å²) in [6.07, 6.45) is 9.97. The fourth-order valence-corrected chi connectivity index (χ4v) is 6.98. The third-order valence-corrected chi connectivity index (χ3v) is 8.96. The number of nitrogens with one attached hydrogen (secondary N) is 1. The minimum absolute atomic E-state index is 0. The van der Waals surface area contributed by atoms with Crippen LogP contribution in [0.1, 0.15) is 44.9 Å². The summed E-state index contributed by atoms with van der Waals surface area (Å²) in [6.45, 7) is 4.36. The maximum atomic E-state index is 11.6. The maximum absolute atomic E-state index is 11.6. The summed E-state index contributed by atoms with van der Waals surface area (Å²) < 4.78 is 25.3. The first kappa shape index (κ1) is 23.5. The largest absolute Gasteiger partial charge is 0.356 e. The minimum atomic E-state index is -3.04. The van der Waals surface area contributed by atoms with Crippen LogP contribution in [0.15, 0.2) is 4.99 Å². The number of rotatable bonds is 3. The Morgan fingerprint density at radius 3 is 2.44 bits per heavy atom. The standard InChI is InChI=1S/C18H34N4O2S2.HI/c1-19-17(20-14-16-6-10-22(11-7-16)26(2,23)24)21-12-13-25-18(15-21)8-4-3-5-9-18;/h16H,3-15H2,1-2H3,(H,19,20);1H. The molecule has 0 aromatic heterocycles. The number of nitrogens with zero attached hydrogens (tertiary/aromatic N) is 3. The first-order valence-electron chi connectivity index (χ1n) is 9.97. The molecule has 2 saturated heterocycles. The number of guanidine groups is 1. The lowest BCUT2D eigenvalue weighted by atomic mass is 9.87. The number of hydrogen-bond donors (Lipinski definition) is 1. The van der Waals surface area contributed by atoms with Gasteiger partial charge in [-0.15, -0.1) is 24.0 Å². The molecule has 6 nitrogen and oxygen atoms in total. The van der Waals surface area contributed by atoms with E-state index < -0.39 is 10.0 Å². The number of hydrogen-bond acceptors (Lipinski definition) is 4. The van der Waals surface area contributed by atoms with Gasteiger partial charge in [0.25, 0.3) is 0 Å². The number of sulfonamides is 1. The number of piperidine rings is 1. The fraction of sp³-hybridized carbons (Fsp3) is 0.944. The molecule has 0 atom stereocenters. The SMILES string of the molecule is CN=C(NCC1CCN(S(C)(=O)=O)CC1)N1CCSC2(CCCCC2)C1.I. The van der Waals surface area contributed by atoms with Gasteiger partial charge in [0.2, 0.25) is 10.0 Å². The highest BCUT2D eigenvalue weighted by Gasteiger charge is 2.38. The lowest BCUT2D eigenvalue weighted by Crippen LogP contribution is -2.54. The fourth-order valence-electron chi connectivity index (χ4n) is 4.54. The van der Waals surface area contributed by atoms with Crippen LogP contribution < -0.4 is 5.32 Å². The average Bonchev–Trinajstić information content (AvgIpc) is 2.63. The van der Waals surface area contributed by atoms with Crippen LogP contribution in [0.3, 0.4) is 0 Å². The molecule has 1 N–H and O–H groups in total. The molecule has 2 aliphatic heterocycles. The van der Waals surface area contributed by atoms with Crippen molar-refractivity contribution in [3.63, 3.8) is 0 Å². The normalized spacial score (nSPS) is 25.3. The molecule has 158 valence electrons. The second kappa shape index (κ2) is 10.3. The van der Waals surface area contributed by atoms with E-state index in [1.165, 1.54) is 44.1 Å². The van der Waals surface area contributed by atoms with Crippen molar-refractivity contribution in [3.05, 3.63) is 0 Å². The third kappa shape index (κ3) is 6.37. The zero-order chi connectivity index (χ0) is 18.6. The number of halogens is 1. The Labute approximate surface area is 186 Å². The van der Waals surface area contributed by atoms with Crippen LogP contribution in [0.25, 0.3) is 0 Å². The van der Waals surface area contributed by atoms with Crippen molar-refractivity contribution in [2.75, 3.05) is 51.8 Å². The van der Waals surface area contributed by atoms with Gasteiger partial charge < -0.3 is 10.2 Å². The van der Waals surface area contributed by atoms with Crippen molar-refractivity contribution in [3.8, 4) is 0 Å². The van der Waals surface area contributed by atoms with E-state index >= 15 is 0 Å². The highest BCUT2D eigenvalue weighted by atomic mass is 127. The van der Waals surface area contributed by atoms with E-state index in [0.717, 1.165) is 38.4 Å². The van der Waals surface area contributed by atoms with Gasteiger partial charge in [-0.05, 0) is 31.6 Å². The smallest absolute Gasteiger partial charge is 0.211 e. The van der Waals surface area contributed by atoms with Crippen LogP contribution in [-0.2, 0) is 10.0 Å². The number of aliphatic imine (C=N–C) groups is 1. The first-order valence-corrected chi connectivity index (χ1v) is 12.8. The Morgan fingerprint density at radius 1 is 1.19 bits per heavy atom. The quantitative estimate of drug-likeness (QED) is 0.345. The van der Waals surface area contributed by atoms with Gasteiger partial charge in [0.1, 0.15) is 0 Å². The Bertz CT molecular complexity index is 595. The molecule has 27 heavy (non-hydrogen) atoms. The molecule has 0 radical (unpaired) electrons. The minimum Gasteiger partial charge on any atom is -0.356 e. The monoisotopic (exact) mass is 530 g/mol. The van der Waals surface area contributed by atoms with E-state index in [0.29, 0.717) is 23.8 Å². The van der Waals surface area contributed by atoms with Crippen molar-refractivity contribution in [2.24, 2.45) is 10.9 Å². The average molecular weight is 531 g/mol. The molecule has 9 heteroatoms. The zero-order valence-corrected chi connectivity index (χ0v) is 20.6. The van der Waals surface area contributed by atoms with E-state index in [9.17, 15) is 8.42 Å². The van der Waals surface area contributed by atoms with Gasteiger partial charge in [-0.1, -0.05) is 19.3 Å². The van der Waals surface area contributed by atoms with Crippen LogP contribution in [0.5, 0.6) is 0 Å². The van der Waals surface area contributed by atoms with Crippen molar-refractivity contribution >= 4 is 51.7 Å². The van der Waals surface area contributed by atoms with Crippen molar-refractivity contribution in [1.29, 1.82) is 0 Å². The van der Waals surface area contributed by atoms with Gasteiger partial charge in [-0.3, -0.25) is 4.99 Å². The molecule has 3 rings (SSSR count). The van der Waals surface area contributed by atoms with Gasteiger partial charge in [0, 0.05) is 50.3 Å². The van der Waals surface area contributed by atoms with E-state index in [2.05, 4.69) is 27.0 Å². The van der Waals surface area contributed by atoms with E-state index in [-0.39, 0.29) is 24.0 Å². The zero-order valence-electron chi connectivity index (χ0n) is 16.7. The molecular formula is C18H35IN4O2S2. The molecule has 0 aromatic rings. The van der Waals surface area contributed by atoms with E-state index in [4.69, 9.17) is 0 Å². The highest BCUT2D eigenvalue weighted by Crippen LogP contribution is 2.42. The molecule has 1 aliphatic carbocycles. The van der Waals surface area contributed by atoms with E-state index in [1.54, 1.807) is 4.31 Å². The summed E-state index contributed by atoms with van der Waals surface area (Å²) >= 11 is 2.18. The van der Waals surface area contributed by atoms with Gasteiger partial charge in [-0.2, -0.15) is 11.8 Å². The molecule has 0 amide bonds. The van der Waals surface area contributed by atoms with Crippen molar-refractivity contribution in [1.82, 2.24) is 14.5 Å². The van der Waals surface area contributed by atoms with Crippen LogP contribution in [0.4, 0.5) is 0 Å². The van der Waals surface area contributed by atoms with Crippen LogP contribution in [0, 0.1) is 5.92 Å².